The van der Waals surface area contributed by atoms with Crippen LogP contribution < -0.4 is 5.73 Å². The fourth-order valence-corrected chi connectivity index (χ4v) is 2.21. The Morgan fingerprint density at radius 2 is 2.11 bits per heavy atom. The third kappa shape index (κ3) is 2.86. The number of halogens is 1. The minimum Gasteiger partial charge on any atom is -0.322 e. The highest BCUT2D eigenvalue weighted by atomic mass is 35.5. The van der Waals surface area contributed by atoms with Crippen LogP contribution in [0.15, 0.2) is 30.7 Å². The molecule has 0 fully saturated rings. The Balaban J connectivity index is 2.22. The quantitative estimate of drug-likeness (QED) is 0.924. The first kappa shape index (κ1) is 13.0. The third-order valence-corrected chi connectivity index (χ3v) is 3.24. The Morgan fingerprint density at radius 3 is 2.78 bits per heavy atom. The lowest BCUT2D eigenvalue weighted by Gasteiger charge is -2.14. The lowest BCUT2D eigenvalue weighted by atomic mass is 10.0. The fourth-order valence-electron chi connectivity index (χ4n) is 2.02. The van der Waals surface area contributed by atoms with Crippen LogP contribution in [-0.2, 0) is 6.42 Å². The highest BCUT2D eigenvalue weighted by molar-refractivity contribution is 6.31. The summed E-state index contributed by atoms with van der Waals surface area (Å²) >= 11 is 6.08. The molecule has 1 unspecified atom stereocenters. The van der Waals surface area contributed by atoms with Crippen molar-refractivity contribution in [1.82, 2.24) is 9.97 Å². The van der Waals surface area contributed by atoms with Crippen LogP contribution in [0.1, 0.15) is 28.4 Å². The molecule has 2 N–H and O–H groups in total. The molecule has 2 rings (SSSR count). The van der Waals surface area contributed by atoms with Gasteiger partial charge in [-0.25, -0.2) is 0 Å². The van der Waals surface area contributed by atoms with E-state index in [9.17, 15) is 0 Å². The molecule has 2 aromatic heterocycles. The van der Waals surface area contributed by atoms with Crippen molar-refractivity contribution in [2.75, 3.05) is 0 Å². The smallest absolute Gasteiger partial charge is 0.0622 e. The Labute approximate surface area is 112 Å². The van der Waals surface area contributed by atoms with Gasteiger partial charge >= 0.3 is 0 Å². The van der Waals surface area contributed by atoms with Gasteiger partial charge in [-0.15, -0.1) is 0 Å². The van der Waals surface area contributed by atoms with E-state index in [0.29, 0.717) is 11.4 Å². The number of hydrogen-bond donors (Lipinski definition) is 1. The molecular weight excluding hydrogens is 246 g/mol. The van der Waals surface area contributed by atoms with Crippen LogP contribution in [0.5, 0.6) is 0 Å². The van der Waals surface area contributed by atoms with E-state index in [4.69, 9.17) is 17.3 Å². The van der Waals surface area contributed by atoms with Crippen LogP contribution in [0.4, 0.5) is 0 Å². The van der Waals surface area contributed by atoms with Crippen LogP contribution in [0.25, 0.3) is 0 Å². The largest absolute Gasteiger partial charge is 0.322 e. The molecule has 0 amide bonds. The average Bonchev–Trinajstić information content (AvgIpc) is 2.32. The first-order chi connectivity index (χ1) is 8.58. The molecule has 0 aromatic carbocycles. The van der Waals surface area contributed by atoms with E-state index in [1.165, 1.54) is 0 Å². The molecule has 0 saturated carbocycles. The number of hydrogen-bond acceptors (Lipinski definition) is 3. The van der Waals surface area contributed by atoms with Gasteiger partial charge in [-0.05, 0) is 43.0 Å². The molecule has 0 saturated heterocycles. The second-order valence-electron chi connectivity index (χ2n) is 4.49. The van der Waals surface area contributed by atoms with Gasteiger partial charge in [0.05, 0.1) is 16.8 Å². The highest BCUT2D eigenvalue weighted by Gasteiger charge is 2.13. The van der Waals surface area contributed by atoms with E-state index >= 15 is 0 Å². The SMILES string of the molecule is Cc1cnc(C(N)Cc2ccncc2Cl)c(C)c1. The average molecular weight is 262 g/mol. The van der Waals surface area contributed by atoms with Crippen molar-refractivity contribution in [2.24, 2.45) is 5.73 Å². The first-order valence-corrected chi connectivity index (χ1v) is 6.23. The second kappa shape index (κ2) is 5.46. The standard InChI is InChI=1S/C14H16ClN3/c1-9-5-10(2)14(18-7-9)13(16)6-11-3-4-17-8-12(11)15/h3-5,7-8,13H,6,16H2,1-2H3. The van der Waals surface area contributed by atoms with Gasteiger partial charge in [0.25, 0.3) is 0 Å². The van der Waals surface area contributed by atoms with Crippen LogP contribution >= 0.6 is 11.6 Å². The normalized spacial score (nSPS) is 12.4. The Kier molecular flexibility index (Phi) is 3.94. The predicted octanol–water partition coefficient (Wildman–Crippen LogP) is 2.99. The van der Waals surface area contributed by atoms with Crippen LogP contribution in [0.3, 0.4) is 0 Å². The summed E-state index contributed by atoms with van der Waals surface area (Å²) in [5.74, 6) is 0. The summed E-state index contributed by atoms with van der Waals surface area (Å²) < 4.78 is 0. The summed E-state index contributed by atoms with van der Waals surface area (Å²) in [7, 11) is 0. The molecule has 0 spiro atoms. The molecule has 2 aromatic rings. The molecule has 1 atom stereocenters. The summed E-state index contributed by atoms with van der Waals surface area (Å²) in [6.45, 7) is 4.05. The topological polar surface area (TPSA) is 51.8 Å². The number of rotatable bonds is 3. The minimum absolute atomic E-state index is 0.148. The Bertz CT molecular complexity index is 554. The van der Waals surface area contributed by atoms with E-state index in [0.717, 1.165) is 22.4 Å². The van der Waals surface area contributed by atoms with Crippen LogP contribution in [0.2, 0.25) is 5.02 Å². The maximum atomic E-state index is 6.21. The van der Waals surface area contributed by atoms with E-state index in [-0.39, 0.29) is 6.04 Å². The van der Waals surface area contributed by atoms with Crippen LogP contribution in [-0.4, -0.2) is 9.97 Å². The number of aryl methyl sites for hydroxylation is 2. The molecule has 18 heavy (non-hydrogen) atoms. The zero-order chi connectivity index (χ0) is 13.1. The summed E-state index contributed by atoms with van der Waals surface area (Å²) in [4.78, 5) is 8.39. The summed E-state index contributed by atoms with van der Waals surface area (Å²) in [5.41, 5.74) is 10.4. The van der Waals surface area contributed by atoms with Crippen molar-refractivity contribution in [3.63, 3.8) is 0 Å². The molecular formula is C14H16ClN3. The fraction of sp³-hybridized carbons (Fsp3) is 0.286. The van der Waals surface area contributed by atoms with Crippen molar-refractivity contribution in [1.29, 1.82) is 0 Å². The molecule has 0 aliphatic heterocycles. The lowest BCUT2D eigenvalue weighted by molar-refractivity contribution is 0.689. The molecule has 0 bridgehead atoms. The molecule has 0 aliphatic carbocycles. The van der Waals surface area contributed by atoms with Gasteiger partial charge in [-0.3, -0.25) is 9.97 Å². The Morgan fingerprint density at radius 1 is 1.33 bits per heavy atom. The van der Waals surface area contributed by atoms with Gasteiger partial charge in [-0.1, -0.05) is 17.7 Å². The van der Waals surface area contributed by atoms with E-state index < -0.39 is 0 Å². The van der Waals surface area contributed by atoms with Gasteiger partial charge in [0, 0.05) is 18.6 Å². The summed E-state index contributed by atoms with van der Waals surface area (Å²) in [6.07, 6.45) is 5.87. The number of aromatic nitrogens is 2. The molecule has 0 radical (unpaired) electrons. The van der Waals surface area contributed by atoms with E-state index in [1.807, 2.05) is 26.1 Å². The minimum atomic E-state index is -0.148. The number of pyridine rings is 2. The van der Waals surface area contributed by atoms with Crippen molar-refractivity contribution in [3.05, 3.63) is 58.1 Å². The molecule has 4 heteroatoms. The highest BCUT2D eigenvalue weighted by Crippen LogP contribution is 2.22. The monoisotopic (exact) mass is 261 g/mol. The van der Waals surface area contributed by atoms with Gasteiger partial charge < -0.3 is 5.73 Å². The maximum Gasteiger partial charge on any atom is 0.0622 e. The predicted molar refractivity (Wildman–Crippen MR) is 73.6 cm³/mol. The van der Waals surface area contributed by atoms with Gasteiger partial charge in [-0.2, -0.15) is 0 Å². The molecule has 3 nitrogen and oxygen atoms in total. The lowest BCUT2D eigenvalue weighted by Crippen LogP contribution is -2.16. The zero-order valence-electron chi connectivity index (χ0n) is 10.5. The summed E-state index contributed by atoms with van der Waals surface area (Å²) in [6, 6.07) is 3.84. The number of nitrogens with zero attached hydrogens (tertiary/aromatic N) is 2. The first-order valence-electron chi connectivity index (χ1n) is 5.85. The second-order valence-corrected chi connectivity index (χ2v) is 4.90. The zero-order valence-corrected chi connectivity index (χ0v) is 11.3. The van der Waals surface area contributed by atoms with Gasteiger partial charge in [0.1, 0.15) is 0 Å². The van der Waals surface area contributed by atoms with Gasteiger partial charge in [0.2, 0.25) is 0 Å². The number of nitrogens with two attached hydrogens (primary N) is 1. The summed E-state index contributed by atoms with van der Waals surface area (Å²) in [5, 5.41) is 0.651. The van der Waals surface area contributed by atoms with Crippen molar-refractivity contribution in [2.45, 2.75) is 26.3 Å². The molecule has 2 heterocycles. The van der Waals surface area contributed by atoms with Gasteiger partial charge in [0.15, 0.2) is 0 Å². The van der Waals surface area contributed by atoms with E-state index in [1.54, 1.807) is 12.4 Å². The van der Waals surface area contributed by atoms with Crippen molar-refractivity contribution in [3.8, 4) is 0 Å². The van der Waals surface area contributed by atoms with Crippen LogP contribution in [0, 0.1) is 13.8 Å². The molecule has 94 valence electrons. The third-order valence-electron chi connectivity index (χ3n) is 2.90. The van der Waals surface area contributed by atoms with Crippen molar-refractivity contribution >= 4 is 11.6 Å². The maximum absolute atomic E-state index is 6.21. The Hall–Kier alpha value is -1.45. The molecule has 0 aliphatic rings. The van der Waals surface area contributed by atoms with Crippen molar-refractivity contribution < 1.29 is 0 Å². The van der Waals surface area contributed by atoms with E-state index in [2.05, 4.69) is 16.0 Å².